The molecule has 0 amide bonds. The number of ether oxygens (including phenoxy) is 3. The van der Waals surface area contributed by atoms with E-state index in [1.807, 2.05) is 0 Å². The molecule has 0 rings (SSSR count). The standard InChI is InChI=1S/C70H120O6/c1-4-7-10-13-16-19-21-23-25-27-29-30-31-32-33-34-35-36-37-38-39-40-42-43-45-47-49-51-54-57-60-63-69(72)75-66-67(65-74-68(71)62-59-56-53-18-15-12-9-6-3)76-70(73)64-61-58-55-52-50-48-46-44-41-28-26-24-22-20-17-14-11-8-5-2/h7-8,10-11,16-17,19-20,23-26,29-30,41,44,67H,4-6,9,12-15,18,21-22,27-28,31-40,42-43,45-66H2,1-3H3/b10-7-,11-8-,19-16-,20-17-,25-23-,26-24-,30-29-,44-41-. The number of rotatable bonds is 58. The van der Waals surface area contributed by atoms with Gasteiger partial charge < -0.3 is 14.2 Å². The van der Waals surface area contributed by atoms with Gasteiger partial charge in [0, 0.05) is 19.3 Å². The first-order chi connectivity index (χ1) is 37.5. The third-order valence-corrected chi connectivity index (χ3v) is 13.8. The number of carbonyl (C=O) groups excluding carboxylic acids is 3. The van der Waals surface area contributed by atoms with E-state index in [-0.39, 0.29) is 31.1 Å². The fourth-order valence-corrected chi connectivity index (χ4v) is 9.07. The van der Waals surface area contributed by atoms with Crippen LogP contribution < -0.4 is 0 Å². The fourth-order valence-electron chi connectivity index (χ4n) is 9.07. The first-order valence-corrected chi connectivity index (χ1v) is 32.2. The van der Waals surface area contributed by atoms with Crippen LogP contribution in [-0.2, 0) is 28.6 Å². The number of carbonyl (C=O) groups is 3. The normalized spacial score (nSPS) is 12.7. The van der Waals surface area contributed by atoms with Crippen LogP contribution in [0.2, 0.25) is 0 Å². The first kappa shape index (κ1) is 72.3. The Balaban J connectivity index is 4.10. The second-order valence-electron chi connectivity index (χ2n) is 21.3. The average Bonchev–Trinajstić information content (AvgIpc) is 3.42. The summed E-state index contributed by atoms with van der Waals surface area (Å²) in [5, 5.41) is 0. The molecular weight excluding hydrogens is 937 g/mol. The van der Waals surface area contributed by atoms with Crippen molar-refractivity contribution < 1.29 is 28.6 Å². The molecule has 0 aromatic rings. The second-order valence-corrected chi connectivity index (χ2v) is 21.3. The summed E-state index contributed by atoms with van der Waals surface area (Å²) in [4.78, 5) is 38.1. The summed E-state index contributed by atoms with van der Waals surface area (Å²) in [6.45, 7) is 6.40. The summed E-state index contributed by atoms with van der Waals surface area (Å²) in [5.41, 5.74) is 0. The molecular formula is C70H120O6. The van der Waals surface area contributed by atoms with E-state index < -0.39 is 6.10 Å². The van der Waals surface area contributed by atoms with Gasteiger partial charge in [0.2, 0.25) is 0 Å². The van der Waals surface area contributed by atoms with E-state index >= 15 is 0 Å². The van der Waals surface area contributed by atoms with Crippen molar-refractivity contribution in [1.29, 1.82) is 0 Å². The van der Waals surface area contributed by atoms with Crippen molar-refractivity contribution in [1.82, 2.24) is 0 Å². The van der Waals surface area contributed by atoms with Gasteiger partial charge in [-0.1, -0.05) is 291 Å². The highest BCUT2D eigenvalue weighted by Crippen LogP contribution is 2.17. The topological polar surface area (TPSA) is 78.9 Å². The zero-order valence-electron chi connectivity index (χ0n) is 50.0. The lowest BCUT2D eigenvalue weighted by atomic mass is 10.0. The third-order valence-electron chi connectivity index (χ3n) is 13.8. The van der Waals surface area contributed by atoms with Crippen LogP contribution in [0.1, 0.15) is 310 Å². The van der Waals surface area contributed by atoms with Crippen LogP contribution in [0, 0.1) is 0 Å². The molecule has 0 aliphatic carbocycles. The van der Waals surface area contributed by atoms with Gasteiger partial charge in [0.05, 0.1) is 0 Å². The lowest BCUT2D eigenvalue weighted by Crippen LogP contribution is -2.30. The Morgan fingerprint density at radius 3 is 0.803 bits per heavy atom. The van der Waals surface area contributed by atoms with Gasteiger partial charge in [-0.25, -0.2) is 0 Å². The van der Waals surface area contributed by atoms with Crippen LogP contribution in [0.5, 0.6) is 0 Å². The monoisotopic (exact) mass is 1060 g/mol. The molecule has 0 saturated carbocycles. The van der Waals surface area contributed by atoms with Crippen molar-refractivity contribution in [3.05, 3.63) is 97.2 Å². The third kappa shape index (κ3) is 61.2. The predicted octanol–water partition coefficient (Wildman–Crippen LogP) is 22.0. The van der Waals surface area contributed by atoms with Crippen LogP contribution in [0.4, 0.5) is 0 Å². The number of esters is 3. The Kier molecular flexibility index (Phi) is 60.8. The number of unbranched alkanes of at least 4 members (excludes halogenated alkanes) is 31. The minimum absolute atomic E-state index is 0.0799. The van der Waals surface area contributed by atoms with Crippen LogP contribution in [0.15, 0.2) is 97.2 Å². The average molecular weight is 1060 g/mol. The molecule has 0 heterocycles. The largest absolute Gasteiger partial charge is 0.462 e. The molecule has 0 aliphatic rings. The summed E-state index contributed by atoms with van der Waals surface area (Å²) in [7, 11) is 0. The molecule has 0 fully saturated rings. The van der Waals surface area contributed by atoms with Crippen molar-refractivity contribution in [3.63, 3.8) is 0 Å². The molecule has 0 aromatic carbocycles. The lowest BCUT2D eigenvalue weighted by molar-refractivity contribution is -0.167. The summed E-state index contributed by atoms with van der Waals surface area (Å²) >= 11 is 0. The quantitative estimate of drug-likeness (QED) is 0.0261. The number of allylic oxidation sites excluding steroid dienone is 16. The second kappa shape index (κ2) is 63.9. The Morgan fingerprint density at radius 1 is 0.276 bits per heavy atom. The van der Waals surface area contributed by atoms with Crippen LogP contribution >= 0.6 is 0 Å². The predicted molar refractivity (Wildman–Crippen MR) is 330 cm³/mol. The smallest absolute Gasteiger partial charge is 0.306 e. The molecule has 0 aromatic heterocycles. The van der Waals surface area contributed by atoms with Gasteiger partial charge in [0.1, 0.15) is 13.2 Å². The molecule has 76 heavy (non-hydrogen) atoms. The summed E-state index contributed by atoms with van der Waals surface area (Å²) in [6, 6.07) is 0. The minimum Gasteiger partial charge on any atom is -0.462 e. The van der Waals surface area contributed by atoms with Crippen molar-refractivity contribution in [2.45, 2.75) is 316 Å². The van der Waals surface area contributed by atoms with Crippen LogP contribution in [0.25, 0.3) is 0 Å². The zero-order chi connectivity index (χ0) is 55.0. The van der Waals surface area contributed by atoms with Crippen molar-refractivity contribution in [2.75, 3.05) is 13.2 Å². The van der Waals surface area contributed by atoms with E-state index in [1.165, 1.54) is 148 Å². The summed E-state index contributed by atoms with van der Waals surface area (Å²) < 4.78 is 16.9. The Morgan fingerprint density at radius 2 is 0.513 bits per heavy atom. The van der Waals surface area contributed by atoms with Gasteiger partial charge in [0.25, 0.3) is 0 Å². The van der Waals surface area contributed by atoms with E-state index in [2.05, 4.69) is 118 Å². The molecule has 6 nitrogen and oxygen atoms in total. The first-order valence-electron chi connectivity index (χ1n) is 32.2. The molecule has 0 spiro atoms. The van der Waals surface area contributed by atoms with Gasteiger partial charge >= 0.3 is 17.9 Å². The van der Waals surface area contributed by atoms with Crippen molar-refractivity contribution in [2.24, 2.45) is 0 Å². The lowest BCUT2D eigenvalue weighted by Gasteiger charge is -2.18. The Labute approximate surface area is 470 Å². The van der Waals surface area contributed by atoms with Gasteiger partial charge in [-0.15, -0.1) is 0 Å². The summed E-state index contributed by atoms with van der Waals surface area (Å²) in [6.07, 6.45) is 85.8. The number of hydrogen-bond donors (Lipinski definition) is 0. The van der Waals surface area contributed by atoms with Gasteiger partial charge in [-0.3, -0.25) is 14.4 Å². The van der Waals surface area contributed by atoms with Gasteiger partial charge in [-0.05, 0) is 96.3 Å². The number of hydrogen-bond acceptors (Lipinski definition) is 6. The molecule has 0 N–H and O–H groups in total. The molecule has 6 heteroatoms. The molecule has 1 atom stereocenters. The highest BCUT2D eigenvalue weighted by Gasteiger charge is 2.19. The van der Waals surface area contributed by atoms with Crippen LogP contribution in [0.3, 0.4) is 0 Å². The fraction of sp³-hybridized carbons (Fsp3) is 0.729. The molecule has 0 aliphatic heterocycles. The van der Waals surface area contributed by atoms with Crippen molar-refractivity contribution in [3.8, 4) is 0 Å². The van der Waals surface area contributed by atoms with Gasteiger partial charge in [0.15, 0.2) is 6.10 Å². The van der Waals surface area contributed by atoms with E-state index in [9.17, 15) is 14.4 Å². The van der Waals surface area contributed by atoms with Crippen LogP contribution in [-0.4, -0.2) is 37.2 Å². The van der Waals surface area contributed by atoms with Gasteiger partial charge in [-0.2, -0.15) is 0 Å². The molecule has 436 valence electrons. The van der Waals surface area contributed by atoms with Crippen molar-refractivity contribution >= 4 is 17.9 Å². The molecule has 1 unspecified atom stereocenters. The zero-order valence-corrected chi connectivity index (χ0v) is 50.0. The van der Waals surface area contributed by atoms with E-state index in [0.29, 0.717) is 19.3 Å². The maximum absolute atomic E-state index is 12.9. The molecule has 0 radical (unpaired) electrons. The Bertz CT molecular complexity index is 1490. The highest BCUT2D eigenvalue weighted by molar-refractivity contribution is 5.71. The molecule has 0 saturated heterocycles. The SMILES string of the molecule is CC/C=C\C/C=C\C/C=C\C/C=C\CCCCCCCCCCCCCCCCCCCCC(=O)OCC(COC(=O)CCCCCCCCCC)OC(=O)CCCCCCCC/C=C\C/C=C\C/C=C\C/C=C\CC. The Hall–Kier alpha value is -3.67. The van der Waals surface area contributed by atoms with E-state index in [0.717, 1.165) is 122 Å². The molecule has 0 bridgehead atoms. The summed E-state index contributed by atoms with van der Waals surface area (Å²) in [5.74, 6) is -0.888. The highest BCUT2D eigenvalue weighted by atomic mass is 16.6. The maximum Gasteiger partial charge on any atom is 0.306 e. The minimum atomic E-state index is -0.782. The maximum atomic E-state index is 12.9. The van der Waals surface area contributed by atoms with E-state index in [1.54, 1.807) is 0 Å². The van der Waals surface area contributed by atoms with E-state index in [4.69, 9.17) is 14.2 Å².